The highest BCUT2D eigenvalue weighted by Crippen LogP contribution is 2.43. The highest BCUT2D eigenvalue weighted by molar-refractivity contribution is 7.10. The van der Waals surface area contributed by atoms with Crippen molar-refractivity contribution in [3.8, 4) is 0 Å². The van der Waals surface area contributed by atoms with E-state index in [1.165, 1.54) is 10.4 Å². The lowest BCUT2D eigenvalue weighted by Crippen LogP contribution is -2.51. The zero-order valence-electron chi connectivity index (χ0n) is 18.1. The van der Waals surface area contributed by atoms with E-state index in [2.05, 4.69) is 11.4 Å². The minimum Gasteiger partial charge on any atom is -0.370 e. The van der Waals surface area contributed by atoms with Gasteiger partial charge in [0.15, 0.2) is 0 Å². The van der Waals surface area contributed by atoms with Crippen LogP contribution in [0.2, 0.25) is 0 Å². The molecule has 1 spiro atoms. The molecule has 4 heterocycles. The standard InChI is InChI=1S/C25H30N2O3S/c1-18-2-4-19(5-3-18)23(28)26-12-6-20(7-13-26)24(29)27-14-10-25(11-15-27)21-9-17-31-22(21)8-16-30-25/h2-5,9,17,20H,6-8,10-16H2,1H3. The molecule has 0 unspecified atom stereocenters. The summed E-state index contributed by atoms with van der Waals surface area (Å²) in [5.74, 6) is 0.366. The van der Waals surface area contributed by atoms with Gasteiger partial charge in [-0.05, 0) is 61.7 Å². The molecule has 0 atom stereocenters. The maximum atomic E-state index is 13.2. The predicted octanol–water partition coefficient (Wildman–Crippen LogP) is 4.00. The Bertz CT molecular complexity index is 951. The summed E-state index contributed by atoms with van der Waals surface area (Å²) in [4.78, 5) is 31.3. The fraction of sp³-hybridized carbons (Fsp3) is 0.520. The van der Waals surface area contributed by atoms with E-state index in [9.17, 15) is 9.59 Å². The average molecular weight is 439 g/mol. The first-order valence-corrected chi connectivity index (χ1v) is 12.3. The van der Waals surface area contributed by atoms with Crippen molar-refractivity contribution in [1.29, 1.82) is 0 Å². The molecule has 0 saturated carbocycles. The number of benzene rings is 1. The molecule has 0 radical (unpaired) electrons. The normalized spacial score (nSPS) is 21.2. The Labute approximate surface area is 188 Å². The van der Waals surface area contributed by atoms with Crippen LogP contribution in [0.4, 0.5) is 0 Å². The van der Waals surface area contributed by atoms with Crippen LogP contribution in [0.15, 0.2) is 35.7 Å². The molecule has 31 heavy (non-hydrogen) atoms. The Kier molecular flexibility index (Phi) is 5.61. The van der Waals surface area contributed by atoms with Crippen LogP contribution in [0.1, 0.15) is 52.0 Å². The summed E-state index contributed by atoms with van der Waals surface area (Å²) >= 11 is 1.83. The summed E-state index contributed by atoms with van der Waals surface area (Å²) in [6.45, 7) is 5.64. The first kappa shape index (κ1) is 20.7. The molecule has 2 amide bonds. The number of rotatable bonds is 2. The van der Waals surface area contributed by atoms with Gasteiger partial charge in [0, 0.05) is 49.0 Å². The molecule has 3 aliphatic rings. The van der Waals surface area contributed by atoms with Gasteiger partial charge in [0.1, 0.15) is 0 Å². The number of hydrogen-bond donors (Lipinski definition) is 0. The lowest BCUT2D eigenvalue weighted by Gasteiger charge is -2.45. The summed E-state index contributed by atoms with van der Waals surface area (Å²) in [6, 6.07) is 9.95. The van der Waals surface area contributed by atoms with Gasteiger partial charge in [-0.1, -0.05) is 17.7 Å². The molecule has 1 aromatic carbocycles. The van der Waals surface area contributed by atoms with Crippen LogP contribution >= 0.6 is 11.3 Å². The van der Waals surface area contributed by atoms with Gasteiger partial charge in [0.05, 0.1) is 12.2 Å². The van der Waals surface area contributed by atoms with Crippen molar-refractivity contribution in [2.75, 3.05) is 32.8 Å². The summed E-state index contributed by atoms with van der Waals surface area (Å²) in [5.41, 5.74) is 3.06. The SMILES string of the molecule is Cc1ccc(C(=O)N2CCC(C(=O)N3CCC4(CC3)OCCc3sccc34)CC2)cc1. The minimum atomic E-state index is -0.186. The number of likely N-dealkylation sites (tertiary alicyclic amines) is 2. The maximum Gasteiger partial charge on any atom is 0.253 e. The van der Waals surface area contributed by atoms with Crippen LogP contribution in [-0.4, -0.2) is 54.4 Å². The number of piperidine rings is 2. The Balaban J connectivity index is 1.16. The van der Waals surface area contributed by atoms with E-state index in [0.717, 1.165) is 62.9 Å². The molecule has 2 aromatic rings. The van der Waals surface area contributed by atoms with Crippen molar-refractivity contribution >= 4 is 23.2 Å². The summed E-state index contributed by atoms with van der Waals surface area (Å²) in [6.07, 6.45) is 4.28. The number of aryl methyl sites for hydroxylation is 1. The number of nitrogens with zero attached hydrogens (tertiary/aromatic N) is 2. The van der Waals surface area contributed by atoms with Gasteiger partial charge >= 0.3 is 0 Å². The molecule has 2 fully saturated rings. The molecule has 2 saturated heterocycles. The Morgan fingerprint density at radius 3 is 2.42 bits per heavy atom. The monoisotopic (exact) mass is 438 g/mol. The molecular formula is C25H30N2O3S. The molecular weight excluding hydrogens is 408 g/mol. The number of thiophene rings is 1. The van der Waals surface area contributed by atoms with Crippen molar-refractivity contribution in [3.63, 3.8) is 0 Å². The zero-order chi connectivity index (χ0) is 21.4. The van der Waals surface area contributed by atoms with Crippen LogP contribution < -0.4 is 0 Å². The predicted molar refractivity (Wildman–Crippen MR) is 121 cm³/mol. The minimum absolute atomic E-state index is 0.0279. The molecule has 3 aliphatic heterocycles. The van der Waals surface area contributed by atoms with Crippen molar-refractivity contribution < 1.29 is 14.3 Å². The van der Waals surface area contributed by atoms with Gasteiger partial charge in [0.2, 0.25) is 5.91 Å². The van der Waals surface area contributed by atoms with E-state index in [1.807, 2.05) is 52.3 Å². The van der Waals surface area contributed by atoms with E-state index in [1.54, 1.807) is 0 Å². The number of fused-ring (bicyclic) bond motifs is 2. The van der Waals surface area contributed by atoms with Crippen molar-refractivity contribution in [1.82, 2.24) is 9.80 Å². The second-order valence-electron chi connectivity index (χ2n) is 9.11. The average Bonchev–Trinajstić information content (AvgIpc) is 3.30. The lowest BCUT2D eigenvalue weighted by atomic mass is 9.82. The van der Waals surface area contributed by atoms with Gasteiger partial charge in [-0.3, -0.25) is 9.59 Å². The molecule has 164 valence electrons. The van der Waals surface area contributed by atoms with Gasteiger partial charge < -0.3 is 14.5 Å². The number of carbonyl (C=O) groups is 2. The fourth-order valence-electron chi connectivity index (χ4n) is 5.33. The van der Waals surface area contributed by atoms with E-state index >= 15 is 0 Å². The second-order valence-corrected chi connectivity index (χ2v) is 10.1. The maximum absolute atomic E-state index is 13.2. The van der Waals surface area contributed by atoms with Crippen molar-refractivity contribution in [2.45, 2.75) is 44.6 Å². The first-order chi connectivity index (χ1) is 15.1. The van der Waals surface area contributed by atoms with Crippen LogP contribution in [0.3, 0.4) is 0 Å². The third-order valence-electron chi connectivity index (χ3n) is 7.26. The number of ether oxygens (including phenoxy) is 1. The van der Waals surface area contributed by atoms with E-state index in [4.69, 9.17) is 4.74 Å². The van der Waals surface area contributed by atoms with Crippen LogP contribution in [0.25, 0.3) is 0 Å². The molecule has 5 rings (SSSR count). The van der Waals surface area contributed by atoms with Gasteiger partial charge in [0.25, 0.3) is 5.91 Å². The van der Waals surface area contributed by atoms with Crippen molar-refractivity contribution in [3.05, 3.63) is 57.3 Å². The number of amides is 2. The first-order valence-electron chi connectivity index (χ1n) is 11.4. The highest BCUT2D eigenvalue weighted by Gasteiger charge is 2.43. The topological polar surface area (TPSA) is 49.9 Å². The number of hydrogen-bond acceptors (Lipinski definition) is 4. The summed E-state index contributed by atoms with van der Waals surface area (Å²) in [5, 5.41) is 2.17. The van der Waals surface area contributed by atoms with Gasteiger partial charge in [-0.2, -0.15) is 0 Å². The van der Waals surface area contributed by atoms with E-state index < -0.39 is 0 Å². The molecule has 0 aliphatic carbocycles. The molecule has 1 aromatic heterocycles. The van der Waals surface area contributed by atoms with E-state index in [-0.39, 0.29) is 23.3 Å². The van der Waals surface area contributed by atoms with Crippen LogP contribution in [0.5, 0.6) is 0 Å². The molecule has 5 nitrogen and oxygen atoms in total. The van der Waals surface area contributed by atoms with Crippen LogP contribution in [-0.2, 0) is 21.6 Å². The Morgan fingerprint density at radius 2 is 1.71 bits per heavy atom. The molecule has 0 bridgehead atoms. The summed E-state index contributed by atoms with van der Waals surface area (Å²) < 4.78 is 6.28. The van der Waals surface area contributed by atoms with Gasteiger partial charge in [-0.15, -0.1) is 11.3 Å². The number of carbonyl (C=O) groups excluding carboxylic acids is 2. The third-order valence-corrected chi connectivity index (χ3v) is 8.24. The Hall–Kier alpha value is -2.18. The zero-order valence-corrected chi connectivity index (χ0v) is 19.0. The second kappa shape index (κ2) is 8.40. The van der Waals surface area contributed by atoms with Gasteiger partial charge in [-0.25, -0.2) is 0 Å². The summed E-state index contributed by atoms with van der Waals surface area (Å²) in [7, 11) is 0. The van der Waals surface area contributed by atoms with Crippen LogP contribution in [0, 0.1) is 12.8 Å². The smallest absolute Gasteiger partial charge is 0.253 e. The lowest BCUT2D eigenvalue weighted by molar-refractivity contribution is -0.145. The highest BCUT2D eigenvalue weighted by atomic mass is 32.1. The van der Waals surface area contributed by atoms with E-state index in [0.29, 0.717) is 13.1 Å². The van der Waals surface area contributed by atoms with Crippen molar-refractivity contribution in [2.24, 2.45) is 5.92 Å². The molecule has 0 N–H and O–H groups in total. The largest absolute Gasteiger partial charge is 0.370 e. The molecule has 6 heteroatoms. The Morgan fingerprint density at radius 1 is 1.00 bits per heavy atom. The quantitative estimate of drug-likeness (QED) is 0.712. The third kappa shape index (κ3) is 3.92. The fourth-order valence-corrected chi connectivity index (χ4v) is 6.28.